The Bertz CT molecular complexity index is 1520. The highest BCUT2D eigenvalue weighted by molar-refractivity contribution is 7.91. The number of fused-ring (bicyclic) bond motifs is 1. The molecule has 4 aromatic rings. The third kappa shape index (κ3) is 4.90. The molecule has 12 heteroatoms. The van der Waals surface area contributed by atoms with Gasteiger partial charge in [0, 0.05) is 50.5 Å². The van der Waals surface area contributed by atoms with Crippen LogP contribution in [0.15, 0.2) is 55.0 Å². The summed E-state index contributed by atoms with van der Waals surface area (Å²) in [7, 11) is -2.99. The Balaban J connectivity index is 1.60. The second kappa shape index (κ2) is 9.63. The van der Waals surface area contributed by atoms with E-state index in [-0.39, 0.29) is 17.1 Å². The standard InChI is InChI=1S/C24H26N8O3S/c1-17-4-2-5-19(27-17)23-28-24(21-6-3-9-32(21)29-23)31(20-7-8-26-16-18(20)22(25)33)11-10-30-12-14-36(34,35)15-13-30/h2-9,16H,10-15H2,1H3,(H2,25,33). The third-order valence-electron chi connectivity index (χ3n) is 6.18. The largest absolute Gasteiger partial charge is 0.365 e. The number of sulfone groups is 1. The number of anilines is 2. The van der Waals surface area contributed by atoms with Crippen LogP contribution < -0.4 is 10.6 Å². The van der Waals surface area contributed by atoms with E-state index in [1.54, 1.807) is 16.8 Å². The summed E-state index contributed by atoms with van der Waals surface area (Å²) in [4.78, 5) is 29.9. The van der Waals surface area contributed by atoms with Crippen molar-refractivity contribution in [3.05, 3.63) is 66.2 Å². The number of hydrogen-bond acceptors (Lipinski definition) is 9. The highest BCUT2D eigenvalue weighted by atomic mass is 32.2. The third-order valence-corrected chi connectivity index (χ3v) is 7.78. The summed E-state index contributed by atoms with van der Waals surface area (Å²) in [5.74, 6) is 0.670. The Labute approximate surface area is 208 Å². The van der Waals surface area contributed by atoms with Gasteiger partial charge in [-0.25, -0.2) is 22.9 Å². The van der Waals surface area contributed by atoms with Crippen LogP contribution in [0.4, 0.5) is 11.5 Å². The highest BCUT2D eigenvalue weighted by Crippen LogP contribution is 2.31. The van der Waals surface area contributed by atoms with Crippen LogP contribution in [0.25, 0.3) is 17.0 Å². The summed E-state index contributed by atoms with van der Waals surface area (Å²) in [5.41, 5.74) is 8.72. The molecule has 186 valence electrons. The first kappa shape index (κ1) is 23.8. The van der Waals surface area contributed by atoms with Gasteiger partial charge in [-0.1, -0.05) is 6.07 Å². The van der Waals surface area contributed by atoms with E-state index in [0.717, 1.165) is 11.2 Å². The molecule has 4 aromatic heterocycles. The number of hydrogen-bond donors (Lipinski definition) is 1. The molecule has 0 bridgehead atoms. The van der Waals surface area contributed by atoms with E-state index >= 15 is 0 Å². The smallest absolute Gasteiger partial charge is 0.252 e. The molecule has 5 rings (SSSR count). The number of nitrogens with zero attached hydrogens (tertiary/aromatic N) is 7. The zero-order valence-corrected chi connectivity index (χ0v) is 20.6. The SMILES string of the molecule is Cc1cccc(-c2nc(N(CCN3CCS(=O)(=O)CC3)c3ccncc3C(N)=O)c3cccn3n2)n1. The van der Waals surface area contributed by atoms with Crippen LogP contribution >= 0.6 is 0 Å². The van der Waals surface area contributed by atoms with Crippen LogP contribution in [-0.2, 0) is 9.84 Å². The minimum Gasteiger partial charge on any atom is -0.365 e. The maximum Gasteiger partial charge on any atom is 0.252 e. The average molecular weight is 507 g/mol. The molecule has 2 N–H and O–H groups in total. The zero-order chi connectivity index (χ0) is 25.3. The fourth-order valence-corrected chi connectivity index (χ4v) is 5.54. The Hall–Kier alpha value is -3.90. The van der Waals surface area contributed by atoms with Crippen LogP contribution in [0.3, 0.4) is 0 Å². The van der Waals surface area contributed by atoms with Crippen molar-refractivity contribution in [2.45, 2.75) is 6.92 Å². The van der Waals surface area contributed by atoms with Gasteiger partial charge in [0.25, 0.3) is 5.91 Å². The summed E-state index contributed by atoms with van der Waals surface area (Å²) in [6, 6.07) is 11.1. The van der Waals surface area contributed by atoms with Crippen molar-refractivity contribution < 1.29 is 13.2 Å². The lowest BCUT2D eigenvalue weighted by Gasteiger charge is -2.31. The summed E-state index contributed by atoms with van der Waals surface area (Å²) in [6.07, 6.45) is 4.87. The molecule has 0 spiro atoms. The molecule has 0 atom stereocenters. The lowest BCUT2D eigenvalue weighted by atomic mass is 10.2. The monoisotopic (exact) mass is 506 g/mol. The first-order valence-electron chi connectivity index (χ1n) is 11.5. The van der Waals surface area contributed by atoms with Gasteiger partial charge in [-0.05, 0) is 37.3 Å². The number of aryl methyl sites for hydroxylation is 1. The maximum atomic E-state index is 12.3. The van der Waals surface area contributed by atoms with Crippen molar-refractivity contribution in [1.82, 2.24) is 29.5 Å². The molecular formula is C24H26N8O3S. The van der Waals surface area contributed by atoms with Gasteiger partial charge in [-0.3, -0.25) is 14.7 Å². The number of amides is 1. The Morgan fingerprint density at radius 1 is 1.11 bits per heavy atom. The average Bonchev–Trinajstić information content (AvgIpc) is 3.34. The Morgan fingerprint density at radius 3 is 2.67 bits per heavy atom. The van der Waals surface area contributed by atoms with E-state index in [4.69, 9.17) is 10.7 Å². The minimum atomic E-state index is -2.99. The van der Waals surface area contributed by atoms with Gasteiger partial charge in [-0.15, -0.1) is 5.10 Å². The molecule has 11 nitrogen and oxygen atoms in total. The first-order chi connectivity index (χ1) is 17.3. The molecule has 1 amide bonds. The van der Waals surface area contributed by atoms with Gasteiger partial charge in [0.05, 0.1) is 22.8 Å². The molecule has 0 aliphatic carbocycles. The minimum absolute atomic E-state index is 0.133. The van der Waals surface area contributed by atoms with Gasteiger partial charge in [0.1, 0.15) is 11.2 Å². The molecule has 5 heterocycles. The maximum absolute atomic E-state index is 12.3. The van der Waals surface area contributed by atoms with Crippen molar-refractivity contribution in [3.63, 3.8) is 0 Å². The van der Waals surface area contributed by atoms with E-state index < -0.39 is 15.7 Å². The lowest BCUT2D eigenvalue weighted by molar-refractivity contribution is 0.100. The van der Waals surface area contributed by atoms with Gasteiger partial charge in [-0.2, -0.15) is 0 Å². The number of primary amides is 1. The molecule has 1 aliphatic heterocycles. The number of carbonyl (C=O) groups excluding carboxylic acids is 1. The van der Waals surface area contributed by atoms with Crippen LogP contribution in [0.5, 0.6) is 0 Å². The van der Waals surface area contributed by atoms with Crippen LogP contribution in [0.2, 0.25) is 0 Å². The predicted molar refractivity (Wildman–Crippen MR) is 136 cm³/mol. The van der Waals surface area contributed by atoms with Crippen LogP contribution in [-0.4, -0.2) is 81.5 Å². The molecule has 0 unspecified atom stereocenters. The number of carbonyl (C=O) groups is 1. The van der Waals surface area contributed by atoms with Crippen LogP contribution in [0, 0.1) is 6.92 Å². The van der Waals surface area contributed by atoms with Gasteiger partial charge < -0.3 is 10.6 Å². The van der Waals surface area contributed by atoms with Gasteiger partial charge >= 0.3 is 0 Å². The molecule has 0 radical (unpaired) electrons. The van der Waals surface area contributed by atoms with Crippen molar-refractivity contribution in [2.24, 2.45) is 5.73 Å². The van der Waals surface area contributed by atoms with Crippen molar-refractivity contribution in [1.29, 1.82) is 0 Å². The van der Waals surface area contributed by atoms with Crippen molar-refractivity contribution in [2.75, 3.05) is 42.6 Å². The number of aromatic nitrogens is 5. The number of pyridine rings is 2. The molecule has 0 aromatic carbocycles. The molecule has 1 fully saturated rings. The molecular weight excluding hydrogens is 480 g/mol. The van der Waals surface area contributed by atoms with E-state index in [0.29, 0.717) is 49.2 Å². The van der Waals surface area contributed by atoms with Crippen molar-refractivity contribution in [3.8, 4) is 11.5 Å². The summed E-state index contributed by atoms with van der Waals surface area (Å²) in [5, 5.41) is 4.64. The quantitative estimate of drug-likeness (QED) is 0.394. The fraction of sp³-hybridized carbons (Fsp3) is 0.292. The molecule has 1 aliphatic rings. The highest BCUT2D eigenvalue weighted by Gasteiger charge is 2.25. The summed E-state index contributed by atoms with van der Waals surface area (Å²) >= 11 is 0. The fourth-order valence-electron chi connectivity index (χ4n) is 4.26. The van der Waals surface area contributed by atoms with E-state index in [1.165, 1.54) is 6.20 Å². The second-order valence-corrected chi connectivity index (χ2v) is 11.0. The van der Waals surface area contributed by atoms with Gasteiger partial charge in [0.2, 0.25) is 5.82 Å². The number of nitrogens with two attached hydrogens (primary N) is 1. The molecule has 0 saturated carbocycles. The molecule has 1 saturated heterocycles. The molecule has 36 heavy (non-hydrogen) atoms. The van der Waals surface area contributed by atoms with Gasteiger partial charge in [0.15, 0.2) is 15.7 Å². The topological polar surface area (TPSA) is 140 Å². The Morgan fingerprint density at radius 2 is 1.92 bits per heavy atom. The van der Waals surface area contributed by atoms with E-state index in [9.17, 15) is 13.2 Å². The zero-order valence-electron chi connectivity index (χ0n) is 19.8. The van der Waals surface area contributed by atoms with Crippen LogP contribution in [0.1, 0.15) is 16.1 Å². The van der Waals surface area contributed by atoms with E-state index in [1.807, 2.05) is 48.4 Å². The second-order valence-electron chi connectivity index (χ2n) is 8.66. The lowest BCUT2D eigenvalue weighted by Crippen LogP contribution is -2.43. The predicted octanol–water partition coefficient (Wildman–Crippen LogP) is 1.46. The summed E-state index contributed by atoms with van der Waals surface area (Å²) in [6.45, 7) is 3.81. The normalized spacial score (nSPS) is 15.7. The van der Waals surface area contributed by atoms with E-state index in [2.05, 4.69) is 20.0 Å². The van der Waals surface area contributed by atoms with Crippen molar-refractivity contribution >= 4 is 32.8 Å². The summed E-state index contributed by atoms with van der Waals surface area (Å²) < 4.78 is 25.5. The first-order valence-corrected chi connectivity index (χ1v) is 13.4. The number of rotatable bonds is 7. The Kier molecular flexibility index (Phi) is 6.37.